The standard InChI is InChI=1S/C21H28O6/c1-19-8-15(24)14(23)7-11(19)3-4-12-13-5-6-21(27,17(26)10-22)20(13,2)9-16(25)18(12)19/h7-8,12-13,16,18,22,24-25,27H,3-6,9-10H2,1-2H3/t12-,13-,16-,18+,19-,20-,21-/m0/s1. The topological polar surface area (TPSA) is 115 Å². The average Bonchev–Trinajstić information content (AvgIpc) is 2.87. The van der Waals surface area contributed by atoms with Gasteiger partial charge in [0.15, 0.2) is 11.5 Å². The van der Waals surface area contributed by atoms with Crippen molar-refractivity contribution in [2.75, 3.05) is 6.61 Å². The Labute approximate surface area is 158 Å². The third-order valence-electron chi connectivity index (χ3n) is 8.34. The largest absolute Gasteiger partial charge is 0.504 e. The number of allylic oxidation sites excluding steroid dienone is 3. The quantitative estimate of drug-likeness (QED) is 0.580. The van der Waals surface area contributed by atoms with Gasteiger partial charge in [0.25, 0.3) is 0 Å². The highest BCUT2D eigenvalue weighted by molar-refractivity contribution is 6.04. The van der Waals surface area contributed by atoms with Crippen LogP contribution in [0.4, 0.5) is 0 Å². The first kappa shape index (κ1) is 18.8. The minimum Gasteiger partial charge on any atom is -0.504 e. The fourth-order valence-corrected chi connectivity index (χ4v) is 7.00. The second-order valence-electron chi connectivity index (χ2n) is 9.35. The van der Waals surface area contributed by atoms with Gasteiger partial charge in [0, 0.05) is 16.7 Å². The van der Waals surface area contributed by atoms with Crippen molar-refractivity contribution >= 4 is 11.6 Å². The molecular formula is C21H28O6. The number of carbonyl (C=O) groups excluding carboxylic acids is 2. The number of fused-ring (bicyclic) bond motifs is 5. The zero-order valence-electron chi connectivity index (χ0n) is 15.8. The molecule has 0 aliphatic heterocycles. The van der Waals surface area contributed by atoms with Crippen LogP contribution >= 0.6 is 0 Å². The van der Waals surface area contributed by atoms with E-state index in [1.807, 2.05) is 13.8 Å². The van der Waals surface area contributed by atoms with Crippen LogP contribution in [0.25, 0.3) is 0 Å². The molecule has 0 bridgehead atoms. The lowest BCUT2D eigenvalue weighted by molar-refractivity contribution is -0.178. The van der Waals surface area contributed by atoms with E-state index in [1.54, 1.807) is 6.08 Å². The summed E-state index contributed by atoms with van der Waals surface area (Å²) in [7, 11) is 0. The second kappa shape index (κ2) is 5.75. The maximum atomic E-state index is 12.4. The van der Waals surface area contributed by atoms with Crippen LogP contribution in [0.3, 0.4) is 0 Å². The fourth-order valence-electron chi connectivity index (χ4n) is 7.00. The molecule has 6 nitrogen and oxygen atoms in total. The first-order valence-electron chi connectivity index (χ1n) is 9.80. The molecule has 0 amide bonds. The molecular weight excluding hydrogens is 348 g/mol. The number of ketones is 2. The molecule has 7 atom stereocenters. The number of Topliss-reactive ketones (excluding diaryl/α,β-unsaturated/α-hetero) is 1. The lowest BCUT2D eigenvalue weighted by atomic mass is 9.46. The average molecular weight is 376 g/mol. The van der Waals surface area contributed by atoms with Crippen molar-refractivity contribution in [1.82, 2.24) is 0 Å². The monoisotopic (exact) mass is 376 g/mol. The van der Waals surface area contributed by atoms with Crippen LogP contribution in [0.15, 0.2) is 23.5 Å². The molecule has 0 heterocycles. The number of hydrogen-bond donors (Lipinski definition) is 4. The summed E-state index contributed by atoms with van der Waals surface area (Å²) in [5, 5.41) is 41.7. The summed E-state index contributed by atoms with van der Waals surface area (Å²) >= 11 is 0. The van der Waals surface area contributed by atoms with E-state index in [0.717, 1.165) is 12.0 Å². The summed E-state index contributed by atoms with van der Waals surface area (Å²) in [6.45, 7) is 3.12. The summed E-state index contributed by atoms with van der Waals surface area (Å²) in [6.07, 6.45) is 5.00. The Bertz CT molecular complexity index is 769. The number of aliphatic hydroxyl groups is 4. The summed E-state index contributed by atoms with van der Waals surface area (Å²) in [5.41, 5.74) is -2.07. The molecule has 4 N–H and O–H groups in total. The molecule has 3 fully saturated rings. The third-order valence-corrected chi connectivity index (χ3v) is 8.34. The van der Waals surface area contributed by atoms with Crippen molar-refractivity contribution < 1.29 is 30.0 Å². The van der Waals surface area contributed by atoms with Crippen molar-refractivity contribution in [3.63, 3.8) is 0 Å². The smallest absolute Gasteiger partial charge is 0.219 e. The minimum atomic E-state index is -1.62. The van der Waals surface area contributed by atoms with Gasteiger partial charge in [-0.25, -0.2) is 0 Å². The Hall–Kier alpha value is -1.50. The highest BCUT2D eigenvalue weighted by Crippen LogP contribution is 2.67. The summed E-state index contributed by atoms with van der Waals surface area (Å²) in [5.74, 6) is -1.31. The van der Waals surface area contributed by atoms with Crippen LogP contribution < -0.4 is 0 Å². The lowest BCUT2D eigenvalue weighted by Gasteiger charge is -2.59. The summed E-state index contributed by atoms with van der Waals surface area (Å²) in [6, 6.07) is 0. The molecule has 0 spiro atoms. The molecule has 4 rings (SSSR count). The van der Waals surface area contributed by atoms with Gasteiger partial charge in [-0.3, -0.25) is 9.59 Å². The van der Waals surface area contributed by atoms with Crippen LogP contribution in [-0.4, -0.2) is 50.3 Å². The Morgan fingerprint density at radius 1 is 1.30 bits per heavy atom. The van der Waals surface area contributed by atoms with E-state index in [1.165, 1.54) is 6.08 Å². The van der Waals surface area contributed by atoms with Crippen LogP contribution in [0.1, 0.15) is 46.0 Å². The van der Waals surface area contributed by atoms with Crippen molar-refractivity contribution in [2.45, 2.75) is 57.7 Å². The molecule has 148 valence electrons. The molecule has 0 aromatic rings. The highest BCUT2D eigenvalue weighted by atomic mass is 16.3. The predicted molar refractivity (Wildman–Crippen MR) is 96.6 cm³/mol. The summed E-state index contributed by atoms with van der Waals surface area (Å²) < 4.78 is 0. The molecule has 27 heavy (non-hydrogen) atoms. The molecule has 0 aromatic carbocycles. The van der Waals surface area contributed by atoms with Crippen molar-refractivity contribution in [3.05, 3.63) is 23.5 Å². The third kappa shape index (κ3) is 2.23. The molecule has 0 aromatic heterocycles. The first-order valence-corrected chi connectivity index (χ1v) is 9.80. The van der Waals surface area contributed by atoms with Gasteiger partial charge in [-0.2, -0.15) is 0 Å². The van der Waals surface area contributed by atoms with Gasteiger partial charge in [-0.05, 0) is 56.1 Å². The van der Waals surface area contributed by atoms with Gasteiger partial charge >= 0.3 is 0 Å². The normalized spacial score (nSPS) is 48.9. The van der Waals surface area contributed by atoms with Crippen molar-refractivity contribution in [3.8, 4) is 0 Å². The maximum absolute atomic E-state index is 12.4. The van der Waals surface area contributed by atoms with Crippen molar-refractivity contribution in [2.24, 2.45) is 28.6 Å². The molecule has 0 unspecified atom stereocenters. The van der Waals surface area contributed by atoms with Gasteiger partial charge in [-0.15, -0.1) is 0 Å². The van der Waals surface area contributed by atoms with E-state index >= 15 is 0 Å². The Morgan fingerprint density at radius 2 is 2.00 bits per heavy atom. The SMILES string of the molecule is C[C@]12C=C(O)C(=O)C=C1CC[C@@H]1[C@@H]2[C@@H](O)C[C@@]2(C)[C@H]1CC[C@]2(O)C(=O)CO. The van der Waals surface area contributed by atoms with Crippen LogP contribution in [0, 0.1) is 28.6 Å². The molecule has 3 saturated carbocycles. The number of rotatable bonds is 2. The van der Waals surface area contributed by atoms with E-state index < -0.39 is 34.9 Å². The molecule has 4 aliphatic rings. The molecule has 6 heteroatoms. The minimum absolute atomic E-state index is 0.0398. The van der Waals surface area contributed by atoms with Gasteiger partial charge in [0.05, 0.1) is 6.10 Å². The lowest BCUT2D eigenvalue weighted by Crippen LogP contribution is -2.61. The first-order chi connectivity index (χ1) is 12.6. The number of aliphatic hydroxyl groups excluding tert-OH is 3. The van der Waals surface area contributed by atoms with E-state index in [-0.39, 0.29) is 35.7 Å². The van der Waals surface area contributed by atoms with Gasteiger partial charge in [0.2, 0.25) is 5.78 Å². The zero-order valence-corrected chi connectivity index (χ0v) is 15.8. The van der Waals surface area contributed by atoms with Gasteiger partial charge in [0.1, 0.15) is 12.2 Å². The van der Waals surface area contributed by atoms with Gasteiger partial charge < -0.3 is 20.4 Å². The van der Waals surface area contributed by atoms with Crippen molar-refractivity contribution in [1.29, 1.82) is 0 Å². The fraction of sp³-hybridized carbons (Fsp3) is 0.714. The highest BCUT2D eigenvalue weighted by Gasteiger charge is 2.68. The molecule has 0 radical (unpaired) electrons. The maximum Gasteiger partial charge on any atom is 0.219 e. The van der Waals surface area contributed by atoms with E-state index in [9.17, 15) is 30.0 Å². The van der Waals surface area contributed by atoms with Crippen LogP contribution in [0.2, 0.25) is 0 Å². The Balaban J connectivity index is 1.76. The summed E-state index contributed by atoms with van der Waals surface area (Å²) in [4.78, 5) is 24.3. The van der Waals surface area contributed by atoms with Gasteiger partial charge in [-0.1, -0.05) is 19.4 Å². The molecule has 0 saturated heterocycles. The van der Waals surface area contributed by atoms with Crippen LogP contribution in [0.5, 0.6) is 0 Å². The second-order valence-corrected chi connectivity index (χ2v) is 9.35. The number of carbonyl (C=O) groups is 2. The Kier molecular flexibility index (Phi) is 4.01. The predicted octanol–water partition coefficient (Wildman–Crippen LogP) is 1.44. The zero-order chi connectivity index (χ0) is 19.8. The number of hydrogen-bond acceptors (Lipinski definition) is 6. The Morgan fingerprint density at radius 3 is 2.67 bits per heavy atom. The molecule has 4 aliphatic carbocycles. The van der Waals surface area contributed by atoms with E-state index in [4.69, 9.17) is 0 Å². The van der Waals surface area contributed by atoms with E-state index in [2.05, 4.69) is 0 Å². The van der Waals surface area contributed by atoms with E-state index in [0.29, 0.717) is 19.3 Å². The van der Waals surface area contributed by atoms with Crippen LogP contribution in [-0.2, 0) is 9.59 Å².